The van der Waals surface area contributed by atoms with Crippen LogP contribution >= 0.6 is 24.0 Å². The fourth-order valence-corrected chi connectivity index (χ4v) is 3.70. The summed E-state index contributed by atoms with van der Waals surface area (Å²) in [5.74, 6) is 1.70. The highest BCUT2D eigenvalue weighted by Gasteiger charge is 2.18. The van der Waals surface area contributed by atoms with Gasteiger partial charge in [-0.15, -0.1) is 24.0 Å². The molecule has 0 saturated heterocycles. The Morgan fingerprint density at radius 2 is 1.90 bits per heavy atom. The Bertz CT molecular complexity index is 877. The number of ether oxygens (including phenoxy) is 2. The molecule has 2 heterocycles. The molecule has 8 heteroatoms. The number of nitrogens with zero attached hydrogens (tertiary/aromatic N) is 2. The summed E-state index contributed by atoms with van der Waals surface area (Å²) in [7, 11) is 0. The number of benzene rings is 2. The van der Waals surface area contributed by atoms with Crippen molar-refractivity contribution in [2.45, 2.75) is 25.5 Å². The molecule has 4 N–H and O–H groups in total. The van der Waals surface area contributed by atoms with Crippen LogP contribution in [0.1, 0.15) is 17.5 Å². The number of nitrogens with one attached hydrogen (secondary N) is 1. The number of rotatable bonds is 5. The van der Waals surface area contributed by atoms with E-state index in [9.17, 15) is 5.11 Å². The standard InChI is InChI=1S/C22H28N4O3.HI/c23-22(25-18-6-7-20-21(12-18)29-11-3-10-28-20)24-13-19(27)15-26-9-8-16-4-1-2-5-17(16)14-26;/h1-2,4-7,12,19,27H,3,8-11,13-15H2,(H3,23,24,25);1H. The Morgan fingerprint density at radius 1 is 1.13 bits per heavy atom. The third kappa shape index (κ3) is 5.99. The molecule has 162 valence electrons. The Hall–Kier alpha value is -2.04. The molecule has 0 saturated carbocycles. The zero-order valence-corrected chi connectivity index (χ0v) is 19.2. The molecular weight excluding hydrogens is 495 g/mol. The molecule has 1 atom stereocenters. The van der Waals surface area contributed by atoms with Gasteiger partial charge in [-0.2, -0.15) is 0 Å². The number of anilines is 1. The van der Waals surface area contributed by atoms with Crippen LogP contribution in [0.5, 0.6) is 11.5 Å². The van der Waals surface area contributed by atoms with Crippen molar-refractivity contribution >= 4 is 35.6 Å². The lowest BCUT2D eigenvalue weighted by Crippen LogP contribution is -2.38. The van der Waals surface area contributed by atoms with Gasteiger partial charge in [0.2, 0.25) is 0 Å². The fourth-order valence-electron chi connectivity index (χ4n) is 3.70. The summed E-state index contributed by atoms with van der Waals surface area (Å²) >= 11 is 0. The van der Waals surface area contributed by atoms with Crippen LogP contribution in [0.3, 0.4) is 0 Å². The molecule has 2 aliphatic rings. The van der Waals surface area contributed by atoms with E-state index >= 15 is 0 Å². The fraction of sp³-hybridized carbons (Fsp3) is 0.409. The molecule has 0 amide bonds. The van der Waals surface area contributed by atoms with Crippen LogP contribution < -0.4 is 20.5 Å². The maximum atomic E-state index is 10.4. The number of hydrogen-bond acceptors (Lipinski definition) is 5. The van der Waals surface area contributed by atoms with Crippen molar-refractivity contribution in [2.75, 3.05) is 38.2 Å². The van der Waals surface area contributed by atoms with Crippen molar-refractivity contribution in [1.82, 2.24) is 4.90 Å². The van der Waals surface area contributed by atoms with Crippen molar-refractivity contribution in [1.29, 1.82) is 0 Å². The lowest BCUT2D eigenvalue weighted by Gasteiger charge is -2.30. The number of aliphatic hydroxyl groups excluding tert-OH is 1. The first-order chi connectivity index (χ1) is 14.2. The number of nitrogens with two attached hydrogens (primary N) is 1. The van der Waals surface area contributed by atoms with Crippen LogP contribution in [0, 0.1) is 0 Å². The molecule has 0 bridgehead atoms. The third-order valence-electron chi connectivity index (χ3n) is 5.17. The molecule has 0 fully saturated rings. The smallest absolute Gasteiger partial charge is 0.193 e. The minimum atomic E-state index is -0.565. The molecule has 30 heavy (non-hydrogen) atoms. The molecule has 2 aromatic rings. The predicted octanol–water partition coefficient (Wildman–Crippen LogP) is 2.61. The average Bonchev–Trinajstić information content (AvgIpc) is 2.97. The van der Waals surface area contributed by atoms with Crippen LogP contribution in [0.4, 0.5) is 5.69 Å². The molecule has 1 unspecified atom stereocenters. The second kappa shape index (κ2) is 10.8. The highest BCUT2D eigenvalue weighted by molar-refractivity contribution is 14.0. The van der Waals surface area contributed by atoms with Gasteiger partial charge in [0, 0.05) is 37.8 Å². The normalized spacial score (nSPS) is 17.3. The first-order valence-corrected chi connectivity index (χ1v) is 10.1. The van der Waals surface area contributed by atoms with E-state index < -0.39 is 6.10 Å². The summed E-state index contributed by atoms with van der Waals surface area (Å²) in [5.41, 5.74) is 9.52. The van der Waals surface area contributed by atoms with Crippen LogP contribution in [0.15, 0.2) is 47.5 Å². The minimum Gasteiger partial charge on any atom is -0.490 e. The molecule has 2 aliphatic heterocycles. The Balaban J connectivity index is 0.00000256. The van der Waals surface area contributed by atoms with Gasteiger partial charge in [0.15, 0.2) is 17.5 Å². The SMILES string of the molecule is I.NC(=NCC(O)CN1CCc2ccccc2C1)Nc1ccc2c(c1)OCCCO2. The molecule has 0 aromatic heterocycles. The zero-order valence-electron chi connectivity index (χ0n) is 16.9. The number of aliphatic hydroxyl groups is 1. The van der Waals surface area contributed by atoms with Crippen molar-refractivity contribution in [3.63, 3.8) is 0 Å². The second-order valence-electron chi connectivity index (χ2n) is 7.47. The molecule has 0 spiro atoms. The Kier molecular flexibility index (Phi) is 8.17. The van der Waals surface area contributed by atoms with E-state index in [1.165, 1.54) is 11.1 Å². The number of guanidine groups is 1. The molecule has 7 nitrogen and oxygen atoms in total. The highest BCUT2D eigenvalue weighted by Crippen LogP contribution is 2.32. The first kappa shape index (κ1) is 22.6. The van der Waals surface area contributed by atoms with Gasteiger partial charge < -0.3 is 25.6 Å². The lowest BCUT2D eigenvalue weighted by molar-refractivity contribution is 0.112. The van der Waals surface area contributed by atoms with Gasteiger partial charge in [-0.1, -0.05) is 24.3 Å². The van der Waals surface area contributed by atoms with Gasteiger partial charge in [-0.25, -0.2) is 0 Å². The molecule has 0 radical (unpaired) electrons. The van der Waals surface area contributed by atoms with E-state index in [4.69, 9.17) is 15.2 Å². The zero-order chi connectivity index (χ0) is 20.1. The third-order valence-corrected chi connectivity index (χ3v) is 5.17. The van der Waals surface area contributed by atoms with Gasteiger partial charge in [-0.05, 0) is 29.7 Å². The molecular formula is C22H29IN4O3. The van der Waals surface area contributed by atoms with E-state index in [0.717, 1.165) is 37.4 Å². The van der Waals surface area contributed by atoms with Crippen molar-refractivity contribution in [2.24, 2.45) is 10.7 Å². The summed E-state index contributed by atoms with van der Waals surface area (Å²) < 4.78 is 11.3. The average molecular weight is 524 g/mol. The summed E-state index contributed by atoms with van der Waals surface area (Å²) in [6, 6.07) is 14.1. The van der Waals surface area contributed by atoms with E-state index in [1.807, 2.05) is 18.2 Å². The number of β-amino-alcohol motifs (C(OH)–C–C–N with tert-alkyl or cyclic N) is 1. The van der Waals surface area contributed by atoms with E-state index in [0.29, 0.717) is 25.5 Å². The summed E-state index contributed by atoms with van der Waals surface area (Å²) in [5, 5.41) is 13.4. The highest BCUT2D eigenvalue weighted by atomic mass is 127. The maximum Gasteiger partial charge on any atom is 0.193 e. The van der Waals surface area contributed by atoms with E-state index in [2.05, 4.69) is 39.5 Å². The second-order valence-corrected chi connectivity index (χ2v) is 7.47. The number of hydrogen-bond donors (Lipinski definition) is 3. The van der Waals surface area contributed by atoms with Crippen LogP contribution in [0.2, 0.25) is 0 Å². The first-order valence-electron chi connectivity index (χ1n) is 10.1. The van der Waals surface area contributed by atoms with E-state index in [1.54, 1.807) is 0 Å². The van der Waals surface area contributed by atoms with Crippen molar-refractivity contribution in [3.8, 4) is 11.5 Å². The van der Waals surface area contributed by atoms with Gasteiger partial charge in [-0.3, -0.25) is 9.89 Å². The maximum absolute atomic E-state index is 10.4. The van der Waals surface area contributed by atoms with Gasteiger partial charge in [0.25, 0.3) is 0 Å². The van der Waals surface area contributed by atoms with Crippen LogP contribution in [-0.4, -0.2) is 54.9 Å². The number of fused-ring (bicyclic) bond motifs is 2. The number of aliphatic imine (C=N–C) groups is 1. The lowest BCUT2D eigenvalue weighted by atomic mass is 10.00. The van der Waals surface area contributed by atoms with Gasteiger partial charge >= 0.3 is 0 Å². The number of halogens is 1. The van der Waals surface area contributed by atoms with E-state index in [-0.39, 0.29) is 36.5 Å². The Morgan fingerprint density at radius 3 is 2.73 bits per heavy atom. The molecule has 4 rings (SSSR count). The summed E-state index contributed by atoms with van der Waals surface area (Å²) in [6.45, 7) is 3.93. The minimum absolute atomic E-state index is 0. The topological polar surface area (TPSA) is 92.3 Å². The molecule has 2 aromatic carbocycles. The van der Waals surface area contributed by atoms with Crippen LogP contribution in [0.25, 0.3) is 0 Å². The van der Waals surface area contributed by atoms with Gasteiger partial charge in [0.05, 0.1) is 25.9 Å². The summed E-state index contributed by atoms with van der Waals surface area (Å²) in [4.78, 5) is 6.55. The van der Waals surface area contributed by atoms with Crippen molar-refractivity contribution in [3.05, 3.63) is 53.6 Å². The monoisotopic (exact) mass is 524 g/mol. The molecule has 0 aliphatic carbocycles. The van der Waals surface area contributed by atoms with Crippen molar-refractivity contribution < 1.29 is 14.6 Å². The Labute approximate surface area is 194 Å². The predicted molar refractivity (Wildman–Crippen MR) is 129 cm³/mol. The largest absolute Gasteiger partial charge is 0.490 e. The summed E-state index contributed by atoms with van der Waals surface area (Å²) in [6.07, 6.45) is 1.31. The van der Waals surface area contributed by atoms with Crippen LogP contribution in [-0.2, 0) is 13.0 Å². The van der Waals surface area contributed by atoms with Gasteiger partial charge in [0.1, 0.15) is 0 Å². The quantitative estimate of drug-likeness (QED) is 0.317.